The van der Waals surface area contributed by atoms with Gasteiger partial charge in [0, 0.05) is 17.3 Å². The summed E-state index contributed by atoms with van der Waals surface area (Å²) in [5.41, 5.74) is 4.37. The standard InChI is InChI=1S/C16H14N4S/c1-10(12-6-16-14(17-8-12)4-5-21-16)19-13-3-2-11-9-18-20-15(11)7-13/h2-10,19H,1H3,(H,18,20). The molecule has 0 saturated carbocycles. The Labute approximate surface area is 125 Å². The van der Waals surface area contributed by atoms with Crippen LogP contribution in [0.3, 0.4) is 0 Å². The topological polar surface area (TPSA) is 53.6 Å². The molecule has 0 fully saturated rings. The zero-order valence-corrected chi connectivity index (χ0v) is 12.3. The Morgan fingerprint density at radius 2 is 2.14 bits per heavy atom. The monoisotopic (exact) mass is 294 g/mol. The van der Waals surface area contributed by atoms with Crippen LogP contribution in [-0.4, -0.2) is 15.2 Å². The maximum absolute atomic E-state index is 4.50. The Morgan fingerprint density at radius 1 is 1.19 bits per heavy atom. The first-order valence-corrected chi connectivity index (χ1v) is 7.70. The molecule has 4 aromatic rings. The SMILES string of the molecule is CC(Nc1ccc2cn[nH]c2c1)c1cnc2ccsc2c1. The summed E-state index contributed by atoms with van der Waals surface area (Å²) in [4.78, 5) is 4.50. The zero-order valence-electron chi connectivity index (χ0n) is 11.5. The fourth-order valence-corrected chi connectivity index (χ4v) is 3.25. The van der Waals surface area contributed by atoms with Gasteiger partial charge in [-0.3, -0.25) is 10.1 Å². The van der Waals surface area contributed by atoms with Crippen molar-refractivity contribution in [3.63, 3.8) is 0 Å². The highest BCUT2D eigenvalue weighted by Crippen LogP contribution is 2.25. The average Bonchev–Trinajstić information content (AvgIpc) is 3.14. The second-order valence-electron chi connectivity index (χ2n) is 5.11. The van der Waals surface area contributed by atoms with E-state index in [2.05, 4.69) is 57.1 Å². The van der Waals surface area contributed by atoms with E-state index >= 15 is 0 Å². The fourth-order valence-electron chi connectivity index (χ4n) is 2.46. The smallest absolute Gasteiger partial charge is 0.0809 e. The molecule has 0 radical (unpaired) electrons. The first kappa shape index (κ1) is 12.3. The van der Waals surface area contributed by atoms with Gasteiger partial charge in [-0.2, -0.15) is 5.10 Å². The predicted molar refractivity (Wildman–Crippen MR) is 87.8 cm³/mol. The maximum Gasteiger partial charge on any atom is 0.0809 e. The van der Waals surface area contributed by atoms with Crippen LogP contribution in [0.5, 0.6) is 0 Å². The molecule has 5 heteroatoms. The minimum atomic E-state index is 0.198. The van der Waals surface area contributed by atoms with E-state index < -0.39 is 0 Å². The van der Waals surface area contributed by atoms with Crippen molar-refractivity contribution in [2.24, 2.45) is 0 Å². The van der Waals surface area contributed by atoms with Gasteiger partial charge in [0.1, 0.15) is 0 Å². The molecule has 2 N–H and O–H groups in total. The summed E-state index contributed by atoms with van der Waals surface area (Å²) >= 11 is 1.72. The number of fused-ring (bicyclic) bond motifs is 2. The van der Waals surface area contributed by atoms with Crippen molar-refractivity contribution >= 4 is 38.1 Å². The Bertz CT molecular complexity index is 909. The van der Waals surface area contributed by atoms with Gasteiger partial charge < -0.3 is 5.32 Å². The highest BCUT2D eigenvalue weighted by molar-refractivity contribution is 7.17. The number of H-pyrrole nitrogens is 1. The Balaban J connectivity index is 1.62. The van der Waals surface area contributed by atoms with Crippen LogP contribution in [0.15, 0.2) is 48.1 Å². The molecule has 0 aliphatic heterocycles. The molecule has 3 aromatic heterocycles. The summed E-state index contributed by atoms with van der Waals surface area (Å²) in [7, 11) is 0. The predicted octanol–water partition coefficient (Wildman–Crippen LogP) is 4.35. The number of aromatic nitrogens is 3. The Hall–Kier alpha value is -2.40. The van der Waals surface area contributed by atoms with Gasteiger partial charge >= 0.3 is 0 Å². The van der Waals surface area contributed by atoms with Crippen molar-refractivity contribution in [1.29, 1.82) is 0 Å². The fraction of sp³-hybridized carbons (Fsp3) is 0.125. The first-order valence-electron chi connectivity index (χ1n) is 6.82. The van der Waals surface area contributed by atoms with E-state index in [1.54, 1.807) is 11.3 Å². The number of thiophene rings is 1. The summed E-state index contributed by atoms with van der Waals surface area (Å²) in [6.45, 7) is 2.15. The highest BCUT2D eigenvalue weighted by atomic mass is 32.1. The van der Waals surface area contributed by atoms with E-state index in [0.29, 0.717) is 0 Å². The van der Waals surface area contributed by atoms with Crippen LogP contribution >= 0.6 is 11.3 Å². The first-order chi connectivity index (χ1) is 10.3. The molecule has 1 unspecified atom stereocenters. The van der Waals surface area contributed by atoms with E-state index in [1.807, 2.05) is 18.5 Å². The van der Waals surface area contributed by atoms with Gasteiger partial charge in [0.2, 0.25) is 0 Å². The Morgan fingerprint density at radius 3 is 3.10 bits per heavy atom. The molecule has 4 rings (SSSR count). The molecule has 21 heavy (non-hydrogen) atoms. The molecular formula is C16H14N4S. The van der Waals surface area contributed by atoms with Crippen LogP contribution in [0.1, 0.15) is 18.5 Å². The summed E-state index contributed by atoms with van der Waals surface area (Å²) in [5, 5.41) is 13.7. The lowest BCUT2D eigenvalue weighted by molar-refractivity contribution is 0.880. The van der Waals surface area contributed by atoms with Crippen LogP contribution < -0.4 is 5.32 Å². The molecule has 0 bridgehead atoms. The van der Waals surface area contributed by atoms with Crippen molar-refractivity contribution in [2.45, 2.75) is 13.0 Å². The lowest BCUT2D eigenvalue weighted by atomic mass is 10.1. The van der Waals surface area contributed by atoms with Crippen molar-refractivity contribution in [3.8, 4) is 0 Å². The second-order valence-corrected chi connectivity index (χ2v) is 6.06. The molecular weight excluding hydrogens is 280 g/mol. The molecule has 0 aliphatic rings. The number of nitrogens with one attached hydrogen (secondary N) is 2. The second kappa shape index (κ2) is 4.86. The van der Waals surface area contributed by atoms with Crippen LogP contribution in [0.4, 0.5) is 5.69 Å². The number of pyridine rings is 1. The molecule has 3 heterocycles. The summed E-state index contributed by atoms with van der Waals surface area (Å²) in [6, 6.07) is 10.7. The molecule has 0 amide bonds. The highest BCUT2D eigenvalue weighted by Gasteiger charge is 2.08. The molecule has 104 valence electrons. The number of anilines is 1. The van der Waals surface area contributed by atoms with Crippen molar-refractivity contribution in [2.75, 3.05) is 5.32 Å². The lowest BCUT2D eigenvalue weighted by Crippen LogP contribution is -2.06. The van der Waals surface area contributed by atoms with E-state index in [0.717, 1.165) is 22.1 Å². The van der Waals surface area contributed by atoms with Gasteiger partial charge in [0.15, 0.2) is 0 Å². The number of nitrogens with zero attached hydrogens (tertiary/aromatic N) is 2. The quantitative estimate of drug-likeness (QED) is 0.591. The van der Waals surface area contributed by atoms with Crippen LogP contribution in [-0.2, 0) is 0 Å². The summed E-state index contributed by atoms with van der Waals surface area (Å²) in [6.07, 6.45) is 3.78. The molecule has 1 aromatic carbocycles. The van der Waals surface area contributed by atoms with Gasteiger partial charge in [-0.25, -0.2) is 0 Å². The normalized spacial score (nSPS) is 12.8. The Kier molecular flexibility index (Phi) is 2.86. The van der Waals surface area contributed by atoms with Crippen molar-refractivity contribution in [3.05, 3.63) is 53.7 Å². The van der Waals surface area contributed by atoms with Crippen LogP contribution in [0, 0.1) is 0 Å². The maximum atomic E-state index is 4.50. The number of aromatic amines is 1. The van der Waals surface area contributed by atoms with Crippen molar-refractivity contribution in [1.82, 2.24) is 15.2 Å². The van der Waals surface area contributed by atoms with Gasteiger partial charge in [0.25, 0.3) is 0 Å². The largest absolute Gasteiger partial charge is 0.378 e. The minimum Gasteiger partial charge on any atom is -0.378 e. The third-order valence-corrected chi connectivity index (χ3v) is 4.50. The minimum absolute atomic E-state index is 0.198. The van der Waals surface area contributed by atoms with Crippen molar-refractivity contribution < 1.29 is 0 Å². The van der Waals surface area contributed by atoms with Gasteiger partial charge in [-0.05, 0) is 48.2 Å². The van der Waals surface area contributed by atoms with E-state index in [-0.39, 0.29) is 6.04 Å². The third kappa shape index (κ3) is 2.25. The van der Waals surface area contributed by atoms with Crippen LogP contribution in [0.2, 0.25) is 0 Å². The van der Waals surface area contributed by atoms with E-state index in [9.17, 15) is 0 Å². The molecule has 0 aliphatic carbocycles. The van der Waals surface area contributed by atoms with Gasteiger partial charge in [-0.15, -0.1) is 11.3 Å². The molecule has 0 saturated heterocycles. The van der Waals surface area contributed by atoms with Crippen LogP contribution in [0.25, 0.3) is 21.1 Å². The van der Waals surface area contributed by atoms with Gasteiger partial charge in [0.05, 0.1) is 28.0 Å². The number of hydrogen-bond donors (Lipinski definition) is 2. The zero-order chi connectivity index (χ0) is 14.2. The number of rotatable bonds is 3. The average molecular weight is 294 g/mol. The molecule has 0 spiro atoms. The molecule has 4 nitrogen and oxygen atoms in total. The molecule has 1 atom stereocenters. The number of benzene rings is 1. The number of hydrogen-bond acceptors (Lipinski definition) is 4. The summed E-state index contributed by atoms with van der Waals surface area (Å²) in [5.74, 6) is 0. The van der Waals surface area contributed by atoms with Gasteiger partial charge in [-0.1, -0.05) is 0 Å². The summed E-state index contributed by atoms with van der Waals surface area (Å²) < 4.78 is 1.23. The van der Waals surface area contributed by atoms with E-state index in [4.69, 9.17) is 0 Å². The lowest BCUT2D eigenvalue weighted by Gasteiger charge is -2.15. The third-order valence-electron chi connectivity index (χ3n) is 3.65. The van der Waals surface area contributed by atoms with E-state index in [1.165, 1.54) is 10.3 Å².